The normalized spacial score (nSPS) is 11.3. The van der Waals surface area contributed by atoms with Crippen molar-refractivity contribution in [2.75, 3.05) is 0 Å². The number of halogens is 1. The molecule has 2 heterocycles. The molecule has 104 valence electrons. The summed E-state index contributed by atoms with van der Waals surface area (Å²) in [5.74, 6) is -0.330. The monoisotopic (exact) mass is 383 g/mol. The van der Waals surface area contributed by atoms with Crippen LogP contribution in [0.2, 0.25) is 0 Å². The average molecular weight is 383 g/mol. The van der Waals surface area contributed by atoms with Gasteiger partial charge in [0.1, 0.15) is 0 Å². The fourth-order valence-electron chi connectivity index (χ4n) is 2.35. The lowest BCUT2D eigenvalue weighted by Crippen LogP contribution is -2.17. The number of fused-ring (bicyclic) bond motifs is 1. The summed E-state index contributed by atoms with van der Waals surface area (Å²) in [5.41, 5.74) is 3.41. The van der Waals surface area contributed by atoms with Crippen molar-refractivity contribution >= 4 is 33.7 Å². The van der Waals surface area contributed by atoms with Crippen molar-refractivity contribution in [3.63, 3.8) is 0 Å². The molecule has 2 aromatic heterocycles. The van der Waals surface area contributed by atoms with Gasteiger partial charge in [0.25, 0.3) is 0 Å². The molecule has 0 saturated heterocycles. The van der Waals surface area contributed by atoms with Crippen LogP contribution in [-0.4, -0.2) is 14.3 Å². The average Bonchev–Trinajstić information content (AvgIpc) is 2.91. The van der Waals surface area contributed by atoms with Crippen LogP contribution in [0.4, 0.5) is 0 Å². The van der Waals surface area contributed by atoms with Crippen LogP contribution in [0.15, 0.2) is 33.5 Å². The number of hydrogen-bond acceptors (Lipinski definition) is 3. The molecular formula is C14H14IN3O2. The van der Waals surface area contributed by atoms with Gasteiger partial charge in [-0.3, -0.25) is 9.25 Å². The molecule has 5 nitrogen and oxygen atoms in total. The summed E-state index contributed by atoms with van der Waals surface area (Å²) in [6, 6.07) is 7.72. The van der Waals surface area contributed by atoms with Crippen LogP contribution in [0.3, 0.4) is 0 Å². The van der Waals surface area contributed by atoms with Gasteiger partial charge < -0.3 is 4.42 Å². The summed E-state index contributed by atoms with van der Waals surface area (Å²) in [7, 11) is 0. The molecule has 0 radical (unpaired) electrons. The van der Waals surface area contributed by atoms with Crippen molar-refractivity contribution in [2.45, 2.75) is 26.9 Å². The molecule has 0 aliphatic rings. The van der Waals surface area contributed by atoms with E-state index < -0.39 is 0 Å². The topological polar surface area (TPSA) is 53.0 Å². The highest BCUT2D eigenvalue weighted by Gasteiger charge is 2.12. The molecule has 0 N–H and O–H groups in total. The first-order valence-corrected chi connectivity index (χ1v) is 7.48. The van der Waals surface area contributed by atoms with Gasteiger partial charge >= 0.3 is 5.76 Å². The lowest BCUT2D eigenvalue weighted by molar-refractivity contribution is 0.507. The first-order valence-electron chi connectivity index (χ1n) is 6.40. The molecule has 0 bridgehead atoms. The predicted molar refractivity (Wildman–Crippen MR) is 84.9 cm³/mol. The van der Waals surface area contributed by atoms with Gasteiger partial charge in [-0.2, -0.15) is 5.10 Å². The summed E-state index contributed by atoms with van der Waals surface area (Å²) < 4.78 is 9.92. The Kier molecular flexibility index (Phi) is 3.41. The number of nitrogens with zero attached hydrogens (tertiary/aromatic N) is 3. The molecule has 0 unspecified atom stereocenters. The second-order valence-corrected chi connectivity index (χ2v) is 5.90. The van der Waals surface area contributed by atoms with Crippen molar-refractivity contribution in [3.05, 3.63) is 49.8 Å². The van der Waals surface area contributed by atoms with E-state index in [1.807, 2.05) is 42.8 Å². The van der Waals surface area contributed by atoms with Crippen molar-refractivity contribution < 1.29 is 4.42 Å². The van der Waals surface area contributed by atoms with E-state index in [4.69, 9.17) is 4.42 Å². The first kappa shape index (κ1) is 13.4. The van der Waals surface area contributed by atoms with Gasteiger partial charge in [0.15, 0.2) is 5.58 Å². The van der Waals surface area contributed by atoms with E-state index >= 15 is 0 Å². The van der Waals surface area contributed by atoms with Gasteiger partial charge in [-0.1, -0.05) is 0 Å². The lowest BCUT2D eigenvalue weighted by Gasteiger charge is -2.05. The molecule has 1 aromatic carbocycles. The van der Waals surface area contributed by atoms with Gasteiger partial charge in [-0.15, -0.1) is 0 Å². The van der Waals surface area contributed by atoms with Gasteiger partial charge in [0, 0.05) is 10.1 Å². The van der Waals surface area contributed by atoms with E-state index in [0.29, 0.717) is 12.1 Å². The summed E-state index contributed by atoms with van der Waals surface area (Å²) in [5, 5.41) is 4.41. The Balaban J connectivity index is 2.12. The quantitative estimate of drug-likeness (QED) is 0.654. The highest BCUT2D eigenvalue weighted by atomic mass is 127. The Hall–Kier alpha value is -1.57. The maximum absolute atomic E-state index is 12.0. The Bertz CT molecular complexity index is 829. The molecule has 0 fully saturated rings. The van der Waals surface area contributed by atoms with E-state index in [9.17, 15) is 4.79 Å². The van der Waals surface area contributed by atoms with Crippen LogP contribution < -0.4 is 5.76 Å². The molecule has 6 heteroatoms. The van der Waals surface area contributed by atoms with E-state index in [-0.39, 0.29) is 5.76 Å². The van der Waals surface area contributed by atoms with Gasteiger partial charge in [0.05, 0.1) is 23.4 Å². The zero-order chi connectivity index (χ0) is 14.3. The van der Waals surface area contributed by atoms with Crippen LogP contribution in [-0.2, 0) is 13.1 Å². The largest absolute Gasteiger partial charge is 0.420 e. The molecule has 3 rings (SSSR count). The fourth-order valence-corrected chi connectivity index (χ4v) is 2.82. The Morgan fingerprint density at radius 1 is 1.35 bits per heavy atom. The van der Waals surface area contributed by atoms with Gasteiger partial charge in [-0.05, 0) is 60.7 Å². The van der Waals surface area contributed by atoms with Crippen LogP contribution in [0.5, 0.6) is 0 Å². The highest BCUT2D eigenvalue weighted by Crippen LogP contribution is 2.18. The lowest BCUT2D eigenvalue weighted by atomic mass is 10.3. The standard InChI is InChI=1S/C14H14IN3O2/c1-3-18-11(6-9(2)16-18)8-17-12-7-10(15)4-5-13(12)20-14(17)19/h4-7H,3,8H2,1-2H3. The van der Waals surface area contributed by atoms with Crippen LogP contribution in [0.25, 0.3) is 11.1 Å². The maximum atomic E-state index is 12.0. The first-order chi connectivity index (χ1) is 9.58. The van der Waals surface area contributed by atoms with E-state index in [0.717, 1.165) is 27.0 Å². The summed E-state index contributed by atoms with van der Waals surface area (Å²) in [6.45, 7) is 5.25. The van der Waals surface area contributed by atoms with Gasteiger partial charge in [0.2, 0.25) is 0 Å². The Morgan fingerprint density at radius 3 is 2.90 bits per heavy atom. The van der Waals surface area contributed by atoms with E-state index in [2.05, 4.69) is 27.7 Å². The van der Waals surface area contributed by atoms with E-state index in [1.54, 1.807) is 4.57 Å². The highest BCUT2D eigenvalue weighted by molar-refractivity contribution is 14.1. The Labute approximate surface area is 129 Å². The molecule has 0 atom stereocenters. The van der Waals surface area contributed by atoms with Crippen LogP contribution in [0, 0.1) is 10.5 Å². The molecule has 3 aromatic rings. The van der Waals surface area contributed by atoms with Crippen molar-refractivity contribution in [2.24, 2.45) is 0 Å². The molecule has 0 aliphatic heterocycles. The SMILES string of the molecule is CCn1nc(C)cc1Cn1c(=O)oc2ccc(I)cc21. The minimum atomic E-state index is -0.330. The van der Waals surface area contributed by atoms with Crippen molar-refractivity contribution in [1.82, 2.24) is 14.3 Å². The van der Waals surface area contributed by atoms with E-state index in [1.165, 1.54) is 0 Å². The van der Waals surface area contributed by atoms with Crippen LogP contribution >= 0.6 is 22.6 Å². The minimum Gasteiger partial charge on any atom is -0.408 e. The minimum absolute atomic E-state index is 0.330. The number of oxazole rings is 1. The van der Waals surface area contributed by atoms with Crippen molar-refractivity contribution in [1.29, 1.82) is 0 Å². The number of hydrogen-bond donors (Lipinski definition) is 0. The summed E-state index contributed by atoms with van der Waals surface area (Å²) in [4.78, 5) is 12.0. The number of rotatable bonds is 3. The van der Waals surface area contributed by atoms with Crippen LogP contribution in [0.1, 0.15) is 18.3 Å². The number of aryl methyl sites for hydroxylation is 2. The summed E-state index contributed by atoms with van der Waals surface area (Å²) >= 11 is 2.23. The Morgan fingerprint density at radius 2 is 2.15 bits per heavy atom. The smallest absolute Gasteiger partial charge is 0.408 e. The zero-order valence-electron chi connectivity index (χ0n) is 11.3. The zero-order valence-corrected chi connectivity index (χ0v) is 13.4. The number of benzene rings is 1. The third-order valence-corrected chi connectivity index (χ3v) is 3.91. The third kappa shape index (κ3) is 2.28. The predicted octanol–water partition coefficient (Wildman–Crippen LogP) is 2.77. The fraction of sp³-hybridized carbons (Fsp3) is 0.286. The molecular weight excluding hydrogens is 369 g/mol. The molecule has 0 spiro atoms. The van der Waals surface area contributed by atoms with Gasteiger partial charge in [-0.25, -0.2) is 4.79 Å². The second-order valence-electron chi connectivity index (χ2n) is 4.66. The number of aromatic nitrogens is 3. The third-order valence-electron chi connectivity index (χ3n) is 3.23. The molecule has 0 amide bonds. The second kappa shape index (κ2) is 5.08. The molecule has 0 aliphatic carbocycles. The summed E-state index contributed by atoms with van der Waals surface area (Å²) in [6.07, 6.45) is 0. The molecule has 20 heavy (non-hydrogen) atoms. The molecule has 0 saturated carbocycles. The van der Waals surface area contributed by atoms with Crippen molar-refractivity contribution in [3.8, 4) is 0 Å². The maximum Gasteiger partial charge on any atom is 0.420 e.